The molecule has 1 fully saturated rings. The first-order chi connectivity index (χ1) is 12.1. The van der Waals surface area contributed by atoms with Crippen molar-refractivity contribution in [1.29, 1.82) is 0 Å². The highest BCUT2D eigenvalue weighted by Crippen LogP contribution is 2.34. The van der Waals surface area contributed by atoms with Crippen LogP contribution in [0.2, 0.25) is 0 Å². The molecule has 3 rings (SSSR count). The Hall–Kier alpha value is -2.12. The molecular formula is C18H18N2O3S2. The number of thioether (sulfide) groups is 1. The fourth-order valence-corrected chi connectivity index (χ4v) is 4.18. The molecule has 1 aromatic heterocycles. The van der Waals surface area contributed by atoms with Gasteiger partial charge in [-0.1, -0.05) is 36.1 Å². The number of methoxy groups -OCH3 is 2. The van der Waals surface area contributed by atoms with Crippen LogP contribution in [0.1, 0.15) is 11.1 Å². The van der Waals surface area contributed by atoms with Crippen molar-refractivity contribution in [2.75, 3.05) is 14.2 Å². The summed E-state index contributed by atoms with van der Waals surface area (Å²) in [6.45, 7) is 0.453. The van der Waals surface area contributed by atoms with E-state index in [9.17, 15) is 4.79 Å². The first kappa shape index (κ1) is 17.7. The van der Waals surface area contributed by atoms with E-state index in [4.69, 9.17) is 21.7 Å². The predicted molar refractivity (Wildman–Crippen MR) is 102 cm³/mol. The molecule has 25 heavy (non-hydrogen) atoms. The number of hydrogen-bond donors (Lipinski definition) is 0. The molecule has 0 aliphatic carbocycles. The Kier molecular flexibility index (Phi) is 5.55. The van der Waals surface area contributed by atoms with Crippen LogP contribution in [-0.4, -0.2) is 39.6 Å². The van der Waals surface area contributed by atoms with Crippen LogP contribution in [0.25, 0.3) is 0 Å². The van der Waals surface area contributed by atoms with Gasteiger partial charge in [-0.3, -0.25) is 14.7 Å². The van der Waals surface area contributed by atoms with E-state index in [0.29, 0.717) is 23.0 Å². The van der Waals surface area contributed by atoms with Gasteiger partial charge in [-0.25, -0.2) is 0 Å². The zero-order valence-corrected chi connectivity index (χ0v) is 15.6. The average molecular weight is 374 g/mol. The third-order valence-corrected chi connectivity index (χ3v) is 5.55. The lowest BCUT2D eigenvalue weighted by atomic mass is 10.1. The first-order valence-corrected chi connectivity index (χ1v) is 9.03. The Morgan fingerprint density at radius 1 is 1.28 bits per heavy atom. The highest BCUT2D eigenvalue weighted by atomic mass is 32.2. The summed E-state index contributed by atoms with van der Waals surface area (Å²) >= 11 is 6.83. The summed E-state index contributed by atoms with van der Waals surface area (Å²) in [7, 11) is 3.22. The molecule has 1 aliphatic heterocycles. The number of benzene rings is 1. The molecule has 0 bridgehead atoms. The minimum Gasteiger partial charge on any atom is -0.497 e. The van der Waals surface area contributed by atoms with Gasteiger partial charge in [0.05, 0.1) is 26.0 Å². The molecule has 0 spiro atoms. The van der Waals surface area contributed by atoms with Gasteiger partial charge >= 0.3 is 0 Å². The van der Waals surface area contributed by atoms with E-state index < -0.39 is 0 Å². The molecule has 0 saturated carbocycles. The molecule has 130 valence electrons. The Balaban J connectivity index is 1.74. The van der Waals surface area contributed by atoms with Gasteiger partial charge in [0.15, 0.2) is 0 Å². The molecule has 1 amide bonds. The minimum atomic E-state index is -0.244. The number of aromatic nitrogens is 1. The summed E-state index contributed by atoms with van der Waals surface area (Å²) in [4.78, 5) is 18.5. The molecule has 1 saturated heterocycles. The van der Waals surface area contributed by atoms with E-state index in [1.807, 2.05) is 30.3 Å². The molecule has 0 N–H and O–H groups in total. The van der Waals surface area contributed by atoms with Crippen LogP contribution in [0.3, 0.4) is 0 Å². The Labute approximate surface area is 156 Å². The van der Waals surface area contributed by atoms with Crippen LogP contribution in [0.4, 0.5) is 0 Å². The van der Waals surface area contributed by atoms with Crippen molar-refractivity contribution in [2.45, 2.75) is 18.2 Å². The van der Waals surface area contributed by atoms with E-state index in [0.717, 1.165) is 16.9 Å². The number of thiocarbonyl (C=S) groups is 1. The van der Waals surface area contributed by atoms with Crippen molar-refractivity contribution < 1.29 is 14.3 Å². The second kappa shape index (κ2) is 7.84. The van der Waals surface area contributed by atoms with E-state index in [1.54, 1.807) is 31.5 Å². The topological polar surface area (TPSA) is 51.7 Å². The van der Waals surface area contributed by atoms with Crippen molar-refractivity contribution in [3.05, 3.63) is 53.9 Å². The molecule has 1 aromatic carbocycles. The van der Waals surface area contributed by atoms with Crippen LogP contribution >= 0.6 is 24.0 Å². The molecular weight excluding hydrogens is 356 g/mol. The van der Waals surface area contributed by atoms with Gasteiger partial charge in [-0.05, 0) is 29.7 Å². The second-order valence-electron chi connectivity index (χ2n) is 5.54. The highest BCUT2D eigenvalue weighted by Gasteiger charge is 2.37. The summed E-state index contributed by atoms with van der Waals surface area (Å²) in [5.41, 5.74) is 1.92. The third-order valence-electron chi connectivity index (χ3n) is 3.97. The van der Waals surface area contributed by atoms with Crippen LogP contribution in [0.15, 0.2) is 42.7 Å². The van der Waals surface area contributed by atoms with Crippen LogP contribution in [0.5, 0.6) is 11.5 Å². The zero-order valence-electron chi connectivity index (χ0n) is 14.0. The van der Waals surface area contributed by atoms with Gasteiger partial charge in [0, 0.05) is 18.5 Å². The summed E-state index contributed by atoms with van der Waals surface area (Å²) in [6.07, 6.45) is 4.02. The Morgan fingerprint density at radius 2 is 2.12 bits per heavy atom. The summed E-state index contributed by atoms with van der Waals surface area (Å²) in [5.74, 6) is 1.46. The summed E-state index contributed by atoms with van der Waals surface area (Å²) in [5, 5.41) is -0.244. The molecule has 1 aliphatic rings. The number of ether oxygens (including phenoxy) is 2. The summed E-state index contributed by atoms with van der Waals surface area (Å²) in [6, 6.07) is 9.41. The molecule has 2 heterocycles. The lowest BCUT2D eigenvalue weighted by molar-refractivity contribution is -0.126. The molecule has 7 heteroatoms. The number of hydrogen-bond acceptors (Lipinski definition) is 6. The maximum absolute atomic E-state index is 12.8. The molecule has 0 radical (unpaired) electrons. The summed E-state index contributed by atoms with van der Waals surface area (Å²) < 4.78 is 11.2. The van der Waals surface area contributed by atoms with Crippen LogP contribution in [-0.2, 0) is 17.8 Å². The number of rotatable bonds is 6. The quantitative estimate of drug-likeness (QED) is 0.725. The first-order valence-electron chi connectivity index (χ1n) is 7.74. The number of pyridine rings is 1. The van der Waals surface area contributed by atoms with Gasteiger partial charge in [0.1, 0.15) is 15.8 Å². The minimum absolute atomic E-state index is 0.0247. The maximum atomic E-state index is 12.8. The number of carbonyl (C=O) groups is 1. The molecule has 2 aromatic rings. The fourth-order valence-electron chi connectivity index (χ4n) is 2.67. The van der Waals surface area contributed by atoms with Gasteiger partial charge < -0.3 is 9.47 Å². The van der Waals surface area contributed by atoms with Gasteiger partial charge in [0.2, 0.25) is 5.91 Å². The smallest absolute Gasteiger partial charge is 0.242 e. The largest absolute Gasteiger partial charge is 0.497 e. The van der Waals surface area contributed by atoms with E-state index in [2.05, 4.69) is 4.98 Å². The third kappa shape index (κ3) is 3.93. The molecule has 5 nitrogen and oxygen atoms in total. The van der Waals surface area contributed by atoms with Crippen molar-refractivity contribution >= 4 is 34.2 Å². The lowest BCUT2D eigenvalue weighted by Gasteiger charge is -2.16. The van der Waals surface area contributed by atoms with E-state index in [-0.39, 0.29) is 11.2 Å². The predicted octanol–water partition coefficient (Wildman–Crippen LogP) is 3.07. The monoisotopic (exact) mass is 374 g/mol. The number of nitrogens with zero attached hydrogens (tertiary/aromatic N) is 2. The van der Waals surface area contributed by atoms with Gasteiger partial charge in [0.25, 0.3) is 0 Å². The standard InChI is InChI=1S/C18H18N2O3S2/c1-22-14-6-5-13(15(9-14)23-2)8-16-17(21)20(18(24)25-16)11-12-4-3-7-19-10-12/h3-7,9-10,16H,8,11H2,1-2H3/t16-/m1/s1. The highest BCUT2D eigenvalue weighted by molar-refractivity contribution is 8.24. The van der Waals surface area contributed by atoms with Crippen LogP contribution in [0, 0.1) is 0 Å². The van der Waals surface area contributed by atoms with Crippen LogP contribution < -0.4 is 9.47 Å². The normalized spacial score (nSPS) is 17.0. The molecule has 1 atom stereocenters. The number of carbonyl (C=O) groups excluding carboxylic acids is 1. The van der Waals surface area contributed by atoms with Crippen molar-refractivity contribution in [1.82, 2.24) is 9.88 Å². The van der Waals surface area contributed by atoms with Crippen molar-refractivity contribution in [3.63, 3.8) is 0 Å². The molecule has 0 unspecified atom stereocenters. The van der Waals surface area contributed by atoms with Crippen molar-refractivity contribution in [3.8, 4) is 11.5 Å². The Morgan fingerprint density at radius 3 is 2.80 bits per heavy atom. The lowest BCUT2D eigenvalue weighted by Crippen LogP contribution is -2.31. The fraction of sp³-hybridized carbons (Fsp3) is 0.278. The number of amides is 1. The SMILES string of the molecule is COc1ccc(C[C@H]2SC(=S)N(Cc3cccnc3)C2=O)c(OC)c1. The maximum Gasteiger partial charge on any atom is 0.242 e. The second-order valence-corrected chi connectivity index (χ2v) is 7.38. The van der Waals surface area contributed by atoms with Crippen molar-refractivity contribution in [2.24, 2.45) is 0 Å². The van der Waals surface area contributed by atoms with Gasteiger partial charge in [-0.2, -0.15) is 0 Å². The van der Waals surface area contributed by atoms with E-state index >= 15 is 0 Å². The van der Waals surface area contributed by atoms with Gasteiger partial charge in [-0.15, -0.1) is 0 Å². The average Bonchev–Trinajstić information content (AvgIpc) is 2.90. The van der Waals surface area contributed by atoms with E-state index in [1.165, 1.54) is 11.8 Å². The Bertz CT molecular complexity index is 783. The zero-order chi connectivity index (χ0) is 17.8.